The molecular formula is C27H24BNO2. The van der Waals surface area contributed by atoms with Gasteiger partial charge in [-0.25, -0.2) is 0 Å². The molecule has 2 aliphatic rings. The predicted octanol–water partition coefficient (Wildman–Crippen LogP) is 4.32. The van der Waals surface area contributed by atoms with Crippen LogP contribution in [0.15, 0.2) is 78.4 Å². The number of hydrogen-bond acceptors (Lipinski definition) is 2. The van der Waals surface area contributed by atoms with E-state index in [0.29, 0.717) is 11.4 Å². The monoisotopic (exact) mass is 405 g/mol. The van der Waals surface area contributed by atoms with E-state index < -0.39 is 7.12 Å². The summed E-state index contributed by atoms with van der Waals surface area (Å²) >= 11 is 0. The third-order valence-corrected chi connectivity index (χ3v) is 7.26. The van der Waals surface area contributed by atoms with E-state index in [9.17, 15) is 10.0 Å². The van der Waals surface area contributed by atoms with Gasteiger partial charge >= 0.3 is 7.12 Å². The fourth-order valence-corrected chi connectivity index (χ4v) is 5.76. The third-order valence-electron chi connectivity index (χ3n) is 7.26. The van der Waals surface area contributed by atoms with E-state index in [1.807, 2.05) is 24.3 Å². The Morgan fingerprint density at radius 3 is 2.45 bits per heavy atom. The van der Waals surface area contributed by atoms with Gasteiger partial charge in [-0.2, -0.15) is 0 Å². The largest absolute Gasteiger partial charge is 0.488 e. The van der Waals surface area contributed by atoms with Crippen molar-refractivity contribution in [3.63, 3.8) is 0 Å². The van der Waals surface area contributed by atoms with Crippen LogP contribution in [0, 0.1) is 0 Å². The summed E-state index contributed by atoms with van der Waals surface area (Å²) in [6, 6.07) is 25.0. The zero-order chi connectivity index (χ0) is 21.3. The normalized spacial score (nSPS) is 18.3. The minimum atomic E-state index is -1.47. The van der Waals surface area contributed by atoms with Crippen LogP contribution in [0.5, 0.6) is 0 Å². The molecule has 4 aromatic rings. The van der Waals surface area contributed by atoms with Crippen LogP contribution in [0.25, 0.3) is 22.7 Å². The summed E-state index contributed by atoms with van der Waals surface area (Å²) in [6.07, 6.45) is 3.31. The molecule has 2 aliphatic carbocycles. The van der Waals surface area contributed by atoms with E-state index >= 15 is 0 Å². The summed E-state index contributed by atoms with van der Waals surface area (Å²) in [4.78, 5) is 0. The molecule has 4 heteroatoms. The van der Waals surface area contributed by atoms with Crippen LogP contribution < -0.4 is 5.46 Å². The molecule has 31 heavy (non-hydrogen) atoms. The molecule has 0 saturated carbocycles. The highest BCUT2D eigenvalue weighted by atomic mass is 16.4. The Morgan fingerprint density at radius 1 is 0.935 bits per heavy atom. The summed E-state index contributed by atoms with van der Waals surface area (Å²) in [5.41, 5.74) is 9.52. The second-order valence-corrected chi connectivity index (χ2v) is 9.25. The molecule has 3 nitrogen and oxygen atoms in total. The molecule has 0 fully saturated rings. The summed E-state index contributed by atoms with van der Waals surface area (Å²) in [6.45, 7) is 4.66. The fourth-order valence-electron chi connectivity index (χ4n) is 5.76. The maximum absolute atomic E-state index is 9.80. The first kappa shape index (κ1) is 18.7. The van der Waals surface area contributed by atoms with Crippen molar-refractivity contribution in [2.24, 2.45) is 0 Å². The number of hydrogen-bond donors (Lipinski definition) is 2. The number of allylic oxidation sites excluding steroid dienone is 1. The lowest BCUT2D eigenvalue weighted by Crippen LogP contribution is -2.29. The van der Waals surface area contributed by atoms with Crippen molar-refractivity contribution in [2.75, 3.05) is 0 Å². The van der Waals surface area contributed by atoms with Crippen molar-refractivity contribution in [2.45, 2.75) is 31.6 Å². The number of benzene rings is 3. The molecule has 0 spiro atoms. The number of aromatic nitrogens is 1. The highest BCUT2D eigenvalue weighted by Crippen LogP contribution is 2.55. The van der Waals surface area contributed by atoms with Gasteiger partial charge in [0.1, 0.15) is 0 Å². The molecular weight excluding hydrogens is 381 g/mol. The lowest BCUT2D eigenvalue weighted by molar-refractivity contribution is 0.426. The van der Waals surface area contributed by atoms with E-state index in [-0.39, 0.29) is 5.41 Å². The van der Waals surface area contributed by atoms with Gasteiger partial charge in [0.2, 0.25) is 0 Å². The van der Waals surface area contributed by atoms with Gasteiger partial charge in [0.25, 0.3) is 0 Å². The standard InChI is InChI=1S/C27H24BNO2/c1-27(2)23-11-7-6-10-19(23)20-15-22-21-14-17(28(30)31)12-13-25(21)29(26(22)16-24(20)27)18-8-4-3-5-9-18/h3-14,16,20,30-31H,15H2,1-2H3. The minimum absolute atomic E-state index is 0.0105. The quantitative estimate of drug-likeness (QED) is 0.488. The maximum atomic E-state index is 9.80. The molecule has 0 bridgehead atoms. The first-order valence-corrected chi connectivity index (χ1v) is 10.9. The van der Waals surface area contributed by atoms with Crippen LogP contribution in [-0.2, 0) is 11.8 Å². The van der Waals surface area contributed by atoms with Crippen LogP contribution in [0.1, 0.15) is 42.1 Å². The highest BCUT2D eigenvalue weighted by molar-refractivity contribution is 6.58. The van der Waals surface area contributed by atoms with E-state index in [0.717, 1.165) is 23.0 Å². The third kappa shape index (κ3) is 2.55. The zero-order valence-corrected chi connectivity index (χ0v) is 17.7. The van der Waals surface area contributed by atoms with Gasteiger partial charge in [0.05, 0.1) is 11.2 Å². The van der Waals surface area contributed by atoms with Gasteiger partial charge < -0.3 is 14.6 Å². The summed E-state index contributed by atoms with van der Waals surface area (Å²) in [5, 5.41) is 20.7. The van der Waals surface area contributed by atoms with Crippen LogP contribution in [-0.4, -0.2) is 21.7 Å². The number of para-hydroxylation sites is 1. The van der Waals surface area contributed by atoms with Crippen LogP contribution in [0.4, 0.5) is 0 Å². The first-order valence-electron chi connectivity index (χ1n) is 10.9. The molecule has 2 N–H and O–H groups in total. The molecule has 0 radical (unpaired) electrons. The lowest BCUT2D eigenvalue weighted by atomic mass is 9.76. The van der Waals surface area contributed by atoms with E-state index in [2.05, 4.69) is 73.0 Å². The molecule has 1 aromatic heterocycles. The van der Waals surface area contributed by atoms with Gasteiger partial charge in [-0.1, -0.05) is 74.0 Å². The Balaban J connectivity index is 1.67. The average Bonchev–Trinajstić information content (AvgIpc) is 3.22. The second-order valence-electron chi connectivity index (χ2n) is 9.25. The van der Waals surface area contributed by atoms with Crippen LogP contribution >= 0.6 is 0 Å². The Morgan fingerprint density at radius 2 is 1.68 bits per heavy atom. The highest BCUT2D eigenvalue weighted by Gasteiger charge is 2.44. The Hall–Kier alpha value is -3.08. The Kier molecular flexibility index (Phi) is 3.89. The van der Waals surface area contributed by atoms with Crippen LogP contribution in [0.3, 0.4) is 0 Å². The van der Waals surface area contributed by atoms with Gasteiger partial charge in [-0.05, 0) is 52.8 Å². The SMILES string of the molecule is CC1(C)C2=Cc3c(c4cc(B(O)O)ccc4n3-c3ccccc3)CC2c2ccccc21. The summed E-state index contributed by atoms with van der Waals surface area (Å²) < 4.78 is 2.32. The molecule has 0 amide bonds. The zero-order valence-electron chi connectivity index (χ0n) is 17.7. The summed E-state index contributed by atoms with van der Waals surface area (Å²) in [5.74, 6) is 0.358. The number of nitrogens with zero attached hydrogens (tertiary/aromatic N) is 1. The van der Waals surface area contributed by atoms with E-state index in [4.69, 9.17) is 0 Å². The number of rotatable bonds is 2. The smallest absolute Gasteiger partial charge is 0.423 e. The average molecular weight is 405 g/mol. The summed E-state index contributed by atoms with van der Waals surface area (Å²) in [7, 11) is -1.47. The molecule has 152 valence electrons. The van der Waals surface area contributed by atoms with Crippen molar-refractivity contribution < 1.29 is 10.0 Å². The molecule has 6 rings (SSSR count). The maximum Gasteiger partial charge on any atom is 0.488 e. The fraction of sp³-hybridized carbons (Fsp3) is 0.185. The van der Waals surface area contributed by atoms with Gasteiger partial charge in [0, 0.05) is 22.4 Å². The van der Waals surface area contributed by atoms with Gasteiger partial charge in [-0.15, -0.1) is 0 Å². The minimum Gasteiger partial charge on any atom is -0.423 e. The predicted molar refractivity (Wildman–Crippen MR) is 127 cm³/mol. The van der Waals surface area contributed by atoms with Crippen LogP contribution in [0.2, 0.25) is 0 Å². The molecule has 0 saturated heterocycles. The van der Waals surface area contributed by atoms with Crippen molar-refractivity contribution in [3.8, 4) is 5.69 Å². The molecule has 1 heterocycles. The van der Waals surface area contributed by atoms with Crippen molar-refractivity contribution in [3.05, 3.63) is 101 Å². The Labute approximate surface area is 182 Å². The van der Waals surface area contributed by atoms with E-state index in [1.54, 1.807) is 0 Å². The van der Waals surface area contributed by atoms with E-state index in [1.165, 1.54) is 28.0 Å². The van der Waals surface area contributed by atoms with Crippen molar-refractivity contribution in [1.29, 1.82) is 0 Å². The van der Waals surface area contributed by atoms with Crippen molar-refractivity contribution in [1.82, 2.24) is 4.57 Å². The first-order chi connectivity index (χ1) is 15.0. The molecule has 1 atom stereocenters. The second kappa shape index (κ2) is 6.46. The Bertz CT molecular complexity index is 1370. The molecule has 0 aliphatic heterocycles. The molecule has 3 aromatic carbocycles. The number of fused-ring (bicyclic) bond motifs is 6. The van der Waals surface area contributed by atoms with Crippen molar-refractivity contribution >= 4 is 29.6 Å². The topological polar surface area (TPSA) is 45.4 Å². The molecule has 1 unspecified atom stereocenters. The van der Waals surface area contributed by atoms with Gasteiger partial charge in [0.15, 0.2) is 0 Å². The van der Waals surface area contributed by atoms with Gasteiger partial charge in [-0.3, -0.25) is 0 Å². The lowest BCUT2D eigenvalue weighted by Gasteiger charge is -2.28.